The summed E-state index contributed by atoms with van der Waals surface area (Å²) in [4.78, 5) is 0. The van der Waals surface area contributed by atoms with Crippen molar-refractivity contribution in [2.24, 2.45) is 0 Å². The lowest BCUT2D eigenvalue weighted by Crippen LogP contribution is -1.94. The van der Waals surface area contributed by atoms with E-state index in [0.717, 1.165) is 11.4 Å². The van der Waals surface area contributed by atoms with Crippen molar-refractivity contribution in [1.82, 2.24) is 0 Å². The van der Waals surface area contributed by atoms with Gasteiger partial charge in [-0.1, -0.05) is 121 Å². The maximum absolute atomic E-state index is 3.70. The summed E-state index contributed by atoms with van der Waals surface area (Å²) in [6.45, 7) is 0. The normalized spacial score (nSPS) is 10.9. The molecule has 1 heteroatoms. The lowest BCUT2D eigenvalue weighted by Gasteiger charge is -2.15. The van der Waals surface area contributed by atoms with Crippen molar-refractivity contribution in [2.75, 3.05) is 5.32 Å². The average Bonchev–Trinajstić information content (AvgIpc) is 2.94. The van der Waals surface area contributed by atoms with Crippen LogP contribution in [0.15, 0.2) is 146 Å². The molecule has 6 aromatic rings. The predicted octanol–water partition coefficient (Wildman–Crippen LogP) is 9.58. The lowest BCUT2D eigenvalue weighted by atomic mass is 9.95. The smallest absolute Gasteiger partial charge is 0.0464 e. The monoisotopic (exact) mass is 447 g/mol. The number of hydrogen-bond acceptors (Lipinski definition) is 1. The highest BCUT2D eigenvalue weighted by Crippen LogP contribution is 2.35. The number of hydrogen-bond donors (Lipinski definition) is 1. The molecular formula is C34H25N. The van der Waals surface area contributed by atoms with Crippen molar-refractivity contribution in [3.8, 4) is 33.4 Å². The van der Waals surface area contributed by atoms with Crippen LogP contribution in [0.1, 0.15) is 0 Å². The Kier molecular flexibility index (Phi) is 5.58. The minimum Gasteiger partial charge on any atom is -0.355 e. The molecule has 0 aliphatic carbocycles. The van der Waals surface area contributed by atoms with Crippen molar-refractivity contribution in [1.29, 1.82) is 0 Å². The molecule has 0 saturated carbocycles. The molecule has 0 radical (unpaired) electrons. The van der Waals surface area contributed by atoms with Gasteiger partial charge < -0.3 is 5.32 Å². The summed E-state index contributed by atoms with van der Waals surface area (Å²) < 4.78 is 0. The molecule has 0 saturated heterocycles. The van der Waals surface area contributed by atoms with Gasteiger partial charge in [0.1, 0.15) is 0 Å². The van der Waals surface area contributed by atoms with E-state index in [9.17, 15) is 0 Å². The summed E-state index contributed by atoms with van der Waals surface area (Å²) in [5.41, 5.74) is 9.47. The SMILES string of the molecule is c1ccc(-c2cccc(-c3cccc(-c4ccccc4Nc4cccc5ccccc45)c3)c2)cc1. The second-order valence-electron chi connectivity index (χ2n) is 8.72. The van der Waals surface area contributed by atoms with Crippen LogP contribution in [0.2, 0.25) is 0 Å². The van der Waals surface area contributed by atoms with Gasteiger partial charge in [0, 0.05) is 22.3 Å². The zero-order chi connectivity index (χ0) is 23.5. The Morgan fingerprint density at radius 2 is 0.857 bits per heavy atom. The van der Waals surface area contributed by atoms with E-state index in [4.69, 9.17) is 0 Å². The molecule has 6 aromatic carbocycles. The van der Waals surface area contributed by atoms with E-state index < -0.39 is 0 Å². The fraction of sp³-hybridized carbons (Fsp3) is 0. The maximum atomic E-state index is 3.70. The van der Waals surface area contributed by atoms with E-state index in [1.54, 1.807) is 0 Å². The maximum Gasteiger partial charge on any atom is 0.0464 e. The highest BCUT2D eigenvalue weighted by molar-refractivity contribution is 5.97. The predicted molar refractivity (Wildman–Crippen MR) is 150 cm³/mol. The van der Waals surface area contributed by atoms with Crippen LogP contribution in [0.3, 0.4) is 0 Å². The molecule has 0 unspecified atom stereocenters. The number of fused-ring (bicyclic) bond motifs is 1. The summed E-state index contributed by atoms with van der Waals surface area (Å²) in [5.74, 6) is 0. The van der Waals surface area contributed by atoms with Crippen LogP contribution in [0.25, 0.3) is 44.2 Å². The van der Waals surface area contributed by atoms with Gasteiger partial charge in [-0.05, 0) is 57.5 Å². The zero-order valence-electron chi connectivity index (χ0n) is 19.4. The topological polar surface area (TPSA) is 12.0 Å². The Morgan fingerprint density at radius 1 is 0.343 bits per heavy atom. The van der Waals surface area contributed by atoms with Crippen molar-refractivity contribution >= 4 is 22.1 Å². The van der Waals surface area contributed by atoms with E-state index in [1.165, 1.54) is 44.2 Å². The number of benzene rings is 6. The molecule has 0 aromatic heterocycles. The van der Waals surface area contributed by atoms with Gasteiger partial charge in [-0.25, -0.2) is 0 Å². The molecule has 1 N–H and O–H groups in total. The Labute approximate surface area is 206 Å². The number of para-hydroxylation sites is 1. The Hall–Kier alpha value is -4.62. The molecule has 166 valence electrons. The first-order chi connectivity index (χ1) is 17.3. The summed E-state index contributed by atoms with van der Waals surface area (Å²) in [6.07, 6.45) is 0. The molecule has 0 spiro atoms. The molecule has 35 heavy (non-hydrogen) atoms. The summed E-state index contributed by atoms with van der Waals surface area (Å²) in [6, 6.07) is 51.5. The van der Waals surface area contributed by atoms with Crippen LogP contribution >= 0.6 is 0 Å². The molecule has 0 fully saturated rings. The van der Waals surface area contributed by atoms with Gasteiger partial charge in [-0.3, -0.25) is 0 Å². The van der Waals surface area contributed by atoms with Crippen LogP contribution < -0.4 is 5.32 Å². The third kappa shape index (κ3) is 4.32. The van der Waals surface area contributed by atoms with Gasteiger partial charge in [0.2, 0.25) is 0 Å². The summed E-state index contributed by atoms with van der Waals surface area (Å²) >= 11 is 0. The quantitative estimate of drug-likeness (QED) is 0.277. The molecule has 0 bridgehead atoms. The van der Waals surface area contributed by atoms with Gasteiger partial charge in [-0.2, -0.15) is 0 Å². The van der Waals surface area contributed by atoms with Crippen LogP contribution in [0.4, 0.5) is 11.4 Å². The van der Waals surface area contributed by atoms with E-state index in [2.05, 4.69) is 151 Å². The fourth-order valence-electron chi connectivity index (χ4n) is 4.70. The van der Waals surface area contributed by atoms with Crippen LogP contribution in [-0.4, -0.2) is 0 Å². The van der Waals surface area contributed by atoms with Crippen molar-refractivity contribution in [3.05, 3.63) is 146 Å². The minimum absolute atomic E-state index is 1.10. The van der Waals surface area contributed by atoms with Gasteiger partial charge in [-0.15, -0.1) is 0 Å². The highest BCUT2D eigenvalue weighted by Gasteiger charge is 2.09. The van der Waals surface area contributed by atoms with Crippen LogP contribution in [0.5, 0.6) is 0 Å². The standard InChI is InChI=1S/C34H25N/c1-2-11-25(12-3-1)27-15-8-16-28(23-27)29-17-9-18-30(24-29)32-20-6-7-21-33(32)35-34-22-10-14-26-13-4-5-19-31(26)34/h1-24,35H. The van der Waals surface area contributed by atoms with Gasteiger partial charge in [0.15, 0.2) is 0 Å². The Morgan fingerprint density at radius 3 is 1.69 bits per heavy atom. The third-order valence-corrected chi connectivity index (χ3v) is 6.46. The van der Waals surface area contributed by atoms with Gasteiger partial charge in [0.05, 0.1) is 0 Å². The average molecular weight is 448 g/mol. The zero-order valence-corrected chi connectivity index (χ0v) is 19.4. The van der Waals surface area contributed by atoms with Crippen LogP contribution in [-0.2, 0) is 0 Å². The first kappa shape index (κ1) is 20.9. The van der Waals surface area contributed by atoms with E-state index in [0.29, 0.717) is 0 Å². The molecule has 0 heterocycles. The molecule has 0 aliphatic heterocycles. The first-order valence-electron chi connectivity index (χ1n) is 12.0. The van der Waals surface area contributed by atoms with Crippen LogP contribution in [0, 0.1) is 0 Å². The molecule has 0 aliphatic rings. The van der Waals surface area contributed by atoms with E-state index in [1.807, 2.05) is 0 Å². The molecular weight excluding hydrogens is 422 g/mol. The first-order valence-corrected chi connectivity index (χ1v) is 12.0. The number of anilines is 2. The molecule has 0 amide bonds. The number of nitrogens with one attached hydrogen (secondary N) is 1. The highest BCUT2D eigenvalue weighted by atomic mass is 14.9. The number of rotatable bonds is 5. The molecule has 0 atom stereocenters. The summed E-state index contributed by atoms with van der Waals surface area (Å²) in [7, 11) is 0. The Bertz CT molecular complexity index is 1610. The van der Waals surface area contributed by atoms with E-state index in [-0.39, 0.29) is 0 Å². The van der Waals surface area contributed by atoms with Crippen molar-refractivity contribution in [2.45, 2.75) is 0 Å². The van der Waals surface area contributed by atoms with E-state index >= 15 is 0 Å². The van der Waals surface area contributed by atoms with Gasteiger partial charge in [0.25, 0.3) is 0 Å². The minimum atomic E-state index is 1.10. The lowest BCUT2D eigenvalue weighted by molar-refractivity contribution is 1.54. The molecule has 1 nitrogen and oxygen atoms in total. The largest absolute Gasteiger partial charge is 0.355 e. The molecule has 6 rings (SSSR count). The van der Waals surface area contributed by atoms with Crippen molar-refractivity contribution in [3.63, 3.8) is 0 Å². The van der Waals surface area contributed by atoms with Gasteiger partial charge >= 0.3 is 0 Å². The second kappa shape index (κ2) is 9.32. The van der Waals surface area contributed by atoms with Crippen molar-refractivity contribution < 1.29 is 0 Å². The second-order valence-corrected chi connectivity index (χ2v) is 8.72. The third-order valence-electron chi connectivity index (χ3n) is 6.46. The fourth-order valence-corrected chi connectivity index (χ4v) is 4.70. The Balaban J connectivity index is 1.38. The summed E-state index contributed by atoms with van der Waals surface area (Å²) in [5, 5.41) is 6.15.